The molecule has 1 fully saturated rings. The van der Waals surface area contributed by atoms with E-state index in [9.17, 15) is 0 Å². The highest BCUT2D eigenvalue weighted by Crippen LogP contribution is 2.29. The number of hydrogen-bond acceptors (Lipinski definition) is 5. The average Bonchev–Trinajstić information content (AvgIpc) is 3.25. The lowest BCUT2D eigenvalue weighted by molar-refractivity contribution is 0.201. The maximum absolute atomic E-state index is 5.49. The Bertz CT molecular complexity index is 1180. The molecule has 0 amide bonds. The molecule has 0 aliphatic carbocycles. The SMILES string of the molecule is COc1cccc2ccc(CN3CCC(c4ccc(-c5cnn(C)c5)cn4)CC3)nc12. The van der Waals surface area contributed by atoms with E-state index >= 15 is 0 Å². The molecule has 0 atom stereocenters. The van der Waals surface area contributed by atoms with Crippen LogP contribution in [0.2, 0.25) is 0 Å². The summed E-state index contributed by atoms with van der Waals surface area (Å²) in [5.41, 5.74) is 5.45. The smallest absolute Gasteiger partial charge is 0.145 e. The van der Waals surface area contributed by atoms with Crippen LogP contribution in [0.5, 0.6) is 5.75 Å². The molecule has 0 unspecified atom stereocenters. The van der Waals surface area contributed by atoms with Crippen molar-refractivity contribution in [1.82, 2.24) is 24.6 Å². The summed E-state index contributed by atoms with van der Waals surface area (Å²) in [6, 6.07) is 14.7. The molecule has 5 rings (SSSR count). The lowest BCUT2D eigenvalue weighted by Gasteiger charge is -2.31. The first-order valence-electron chi connectivity index (χ1n) is 10.8. The van der Waals surface area contributed by atoms with Crippen molar-refractivity contribution in [2.24, 2.45) is 7.05 Å². The highest BCUT2D eigenvalue weighted by Gasteiger charge is 2.22. The summed E-state index contributed by atoms with van der Waals surface area (Å²) in [4.78, 5) is 12.1. The van der Waals surface area contributed by atoms with Crippen molar-refractivity contribution < 1.29 is 4.74 Å². The topological polar surface area (TPSA) is 56.1 Å². The number of likely N-dealkylation sites (tertiary alicyclic amines) is 1. The van der Waals surface area contributed by atoms with Gasteiger partial charge in [-0.25, -0.2) is 4.98 Å². The standard InChI is InChI=1S/C25H27N5O/c1-29-16-21(15-27-29)20-7-9-23(26-14-20)18-10-12-30(13-11-18)17-22-8-6-19-4-3-5-24(31-2)25(19)28-22/h3-9,14-16,18H,10-13,17H2,1-2H3. The highest BCUT2D eigenvalue weighted by atomic mass is 16.5. The molecule has 0 N–H and O–H groups in total. The fourth-order valence-corrected chi connectivity index (χ4v) is 4.42. The first-order valence-corrected chi connectivity index (χ1v) is 10.8. The van der Waals surface area contributed by atoms with E-state index in [0.29, 0.717) is 5.92 Å². The number of piperidine rings is 1. The Kier molecular flexibility index (Phi) is 5.38. The van der Waals surface area contributed by atoms with Crippen LogP contribution >= 0.6 is 0 Å². The quantitative estimate of drug-likeness (QED) is 0.485. The third-order valence-corrected chi connectivity index (χ3v) is 6.18. The summed E-state index contributed by atoms with van der Waals surface area (Å²) in [5.74, 6) is 1.35. The van der Waals surface area contributed by atoms with Gasteiger partial charge in [0.15, 0.2) is 0 Å². The van der Waals surface area contributed by atoms with Crippen LogP contribution in [0.3, 0.4) is 0 Å². The van der Waals surface area contributed by atoms with E-state index in [-0.39, 0.29) is 0 Å². The van der Waals surface area contributed by atoms with Gasteiger partial charge >= 0.3 is 0 Å². The molecule has 0 spiro atoms. The maximum atomic E-state index is 5.49. The van der Waals surface area contributed by atoms with Crippen molar-refractivity contribution in [3.8, 4) is 16.9 Å². The van der Waals surface area contributed by atoms with Crippen LogP contribution in [0.15, 0.2) is 61.1 Å². The second-order valence-corrected chi connectivity index (χ2v) is 8.26. The van der Waals surface area contributed by atoms with Crippen LogP contribution in [0.25, 0.3) is 22.0 Å². The monoisotopic (exact) mass is 413 g/mol. The minimum absolute atomic E-state index is 0.517. The molecule has 1 aliphatic rings. The van der Waals surface area contributed by atoms with Crippen molar-refractivity contribution in [1.29, 1.82) is 0 Å². The van der Waals surface area contributed by atoms with Gasteiger partial charge in [0, 0.05) is 54.1 Å². The number of aryl methyl sites for hydroxylation is 1. The Balaban J connectivity index is 1.22. The summed E-state index contributed by atoms with van der Waals surface area (Å²) in [6.45, 7) is 2.98. The molecule has 1 aromatic carbocycles. The van der Waals surface area contributed by atoms with E-state index in [0.717, 1.165) is 65.9 Å². The second-order valence-electron chi connectivity index (χ2n) is 8.26. The van der Waals surface area contributed by atoms with Crippen LogP contribution in [-0.4, -0.2) is 44.8 Å². The summed E-state index contributed by atoms with van der Waals surface area (Å²) in [6.07, 6.45) is 8.12. The van der Waals surface area contributed by atoms with Gasteiger partial charge in [0.05, 0.1) is 19.0 Å². The van der Waals surface area contributed by atoms with E-state index < -0.39 is 0 Å². The fraction of sp³-hybridized carbons (Fsp3) is 0.320. The Hall–Kier alpha value is -3.25. The molecule has 0 saturated carbocycles. The molecular weight excluding hydrogens is 386 g/mol. The number of benzene rings is 1. The van der Waals surface area contributed by atoms with Crippen LogP contribution in [0, 0.1) is 0 Å². The zero-order chi connectivity index (χ0) is 21.2. The molecule has 6 heteroatoms. The predicted molar refractivity (Wildman–Crippen MR) is 122 cm³/mol. The minimum Gasteiger partial charge on any atom is -0.494 e. The number of fused-ring (bicyclic) bond motifs is 1. The number of hydrogen-bond donors (Lipinski definition) is 0. The molecule has 4 aromatic rings. The van der Waals surface area contributed by atoms with Crippen molar-refractivity contribution >= 4 is 10.9 Å². The van der Waals surface area contributed by atoms with Gasteiger partial charge in [-0.2, -0.15) is 5.10 Å². The second kappa shape index (κ2) is 8.47. The van der Waals surface area contributed by atoms with Crippen molar-refractivity contribution in [3.63, 3.8) is 0 Å². The zero-order valence-corrected chi connectivity index (χ0v) is 18.0. The minimum atomic E-state index is 0.517. The lowest BCUT2D eigenvalue weighted by Crippen LogP contribution is -2.33. The third-order valence-electron chi connectivity index (χ3n) is 6.18. The molecule has 0 bridgehead atoms. The number of rotatable bonds is 5. The summed E-state index contributed by atoms with van der Waals surface area (Å²) in [7, 11) is 3.63. The van der Waals surface area contributed by atoms with E-state index in [1.807, 2.05) is 42.5 Å². The molecule has 0 radical (unpaired) electrons. The van der Waals surface area contributed by atoms with Gasteiger partial charge in [0.25, 0.3) is 0 Å². The summed E-state index contributed by atoms with van der Waals surface area (Å²) < 4.78 is 7.30. The Morgan fingerprint density at radius 1 is 1.00 bits per heavy atom. The molecule has 31 heavy (non-hydrogen) atoms. The molecule has 6 nitrogen and oxygen atoms in total. The number of ether oxygens (including phenoxy) is 1. The largest absolute Gasteiger partial charge is 0.494 e. The molecule has 158 valence electrons. The predicted octanol–water partition coefficient (Wildman–Crippen LogP) is 4.42. The van der Waals surface area contributed by atoms with Crippen LogP contribution in [0.1, 0.15) is 30.1 Å². The van der Waals surface area contributed by atoms with E-state index in [1.165, 1.54) is 5.69 Å². The van der Waals surface area contributed by atoms with E-state index in [4.69, 9.17) is 14.7 Å². The van der Waals surface area contributed by atoms with E-state index in [1.54, 1.807) is 7.11 Å². The van der Waals surface area contributed by atoms with Gasteiger partial charge in [-0.05, 0) is 44.1 Å². The van der Waals surface area contributed by atoms with Gasteiger partial charge in [-0.3, -0.25) is 14.6 Å². The number of aromatic nitrogens is 4. The molecular formula is C25H27N5O. The van der Waals surface area contributed by atoms with Crippen LogP contribution in [-0.2, 0) is 13.6 Å². The highest BCUT2D eigenvalue weighted by molar-refractivity contribution is 5.84. The number of para-hydroxylation sites is 1. The number of pyridine rings is 2. The summed E-state index contributed by atoms with van der Waals surface area (Å²) in [5, 5.41) is 5.36. The average molecular weight is 414 g/mol. The van der Waals surface area contributed by atoms with Crippen molar-refractivity contribution in [3.05, 3.63) is 72.4 Å². The van der Waals surface area contributed by atoms with Gasteiger partial charge in [0.2, 0.25) is 0 Å². The van der Waals surface area contributed by atoms with Crippen molar-refractivity contribution in [2.75, 3.05) is 20.2 Å². The van der Waals surface area contributed by atoms with Gasteiger partial charge in [-0.15, -0.1) is 0 Å². The normalized spacial score (nSPS) is 15.4. The molecule has 1 aliphatic heterocycles. The molecule has 4 heterocycles. The van der Waals surface area contributed by atoms with Crippen molar-refractivity contribution in [2.45, 2.75) is 25.3 Å². The maximum Gasteiger partial charge on any atom is 0.145 e. The van der Waals surface area contributed by atoms with Gasteiger partial charge in [0.1, 0.15) is 11.3 Å². The number of methoxy groups -OCH3 is 1. The third kappa shape index (κ3) is 4.16. The zero-order valence-electron chi connectivity index (χ0n) is 18.0. The fourth-order valence-electron chi connectivity index (χ4n) is 4.42. The van der Waals surface area contributed by atoms with Gasteiger partial charge < -0.3 is 4.74 Å². The van der Waals surface area contributed by atoms with Crippen LogP contribution in [0.4, 0.5) is 0 Å². The lowest BCUT2D eigenvalue weighted by atomic mass is 9.92. The number of nitrogens with zero attached hydrogens (tertiary/aromatic N) is 5. The Labute approximate surface area is 182 Å². The molecule has 3 aromatic heterocycles. The van der Waals surface area contributed by atoms with Crippen LogP contribution < -0.4 is 4.74 Å². The van der Waals surface area contributed by atoms with E-state index in [2.05, 4.69) is 40.3 Å². The summed E-state index contributed by atoms with van der Waals surface area (Å²) >= 11 is 0. The first kappa shape index (κ1) is 19.7. The Morgan fingerprint density at radius 2 is 1.87 bits per heavy atom. The first-order chi connectivity index (χ1) is 15.2. The van der Waals surface area contributed by atoms with Gasteiger partial charge in [-0.1, -0.05) is 24.3 Å². The Morgan fingerprint density at radius 3 is 2.58 bits per heavy atom. The molecule has 1 saturated heterocycles.